The van der Waals surface area contributed by atoms with E-state index in [-0.39, 0.29) is 17.3 Å². The fourth-order valence-electron chi connectivity index (χ4n) is 4.09. The monoisotopic (exact) mass is 525 g/mol. The van der Waals surface area contributed by atoms with Crippen molar-refractivity contribution in [1.82, 2.24) is 14.5 Å². The van der Waals surface area contributed by atoms with Gasteiger partial charge in [-0.3, -0.25) is 9.59 Å². The van der Waals surface area contributed by atoms with Crippen molar-refractivity contribution in [3.8, 4) is 5.75 Å². The second-order valence-electron chi connectivity index (χ2n) is 8.85. The molecule has 37 heavy (non-hydrogen) atoms. The largest absolute Gasteiger partial charge is 0.497 e. The Morgan fingerprint density at radius 1 is 0.973 bits per heavy atom. The van der Waals surface area contributed by atoms with Gasteiger partial charge in [-0.15, -0.1) is 0 Å². The van der Waals surface area contributed by atoms with Crippen LogP contribution >= 0.6 is 0 Å². The molecule has 0 aliphatic rings. The summed E-state index contributed by atoms with van der Waals surface area (Å²) in [5.41, 5.74) is 0.802. The molecule has 0 aliphatic heterocycles. The SMILES string of the molecule is CCCNC(=O)[C@@H](CC)N(Cc1ccc(OC)cc1)C(=O)CN(C)S(=O)(=O)c1ccc2ccccc2c1. The minimum Gasteiger partial charge on any atom is -0.497 e. The van der Waals surface area contributed by atoms with Crippen LogP contribution in [0, 0.1) is 0 Å². The molecular weight excluding hydrogens is 490 g/mol. The maximum atomic E-state index is 13.6. The Morgan fingerprint density at radius 3 is 2.27 bits per heavy atom. The molecule has 8 nitrogen and oxygen atoms in total. The van der Waals surface area contributed by atoms with Crippen LogP contribution in [0.4, 0.5) is 0 Å². The molecule has 1 N–H and O–H groups in total. The number of carbonyl (C=O) groups excluding carboxylic acids is 2. The maximum absolute atomic E-state index is 13.6. The summed E-state index contributed by atoms with van der Waals surface area (Å²) >= 11 is 0. The summed E-state index contributed by atoms with van der Waals surface area (Å²) in [4.78, 5) is 28.1. The highest BCUT2D eigenvalue weighted by atomic mass is 32.2. The number of nitrogens with one attached hydrogen (secondary N) is 1. The highest BCUT2D eigenvalue weighted by molar-refractivity contribution is 7.89. The van der Waals surface area contributed by atoms with E-state index in [1.807, 2.05) is 50.2 Å². The molecule has 0 saturated heterocycles. The zero-order valence-electron chi connectivity index (χ0n) is 21.8. The molecule has 0 aliphatic carbocycles. The number of hydrogen-bond acceptors (Lipinski definition) is 5. The number of fused-ring (bicyclic) bond motifs is 1. The van der Waals surface area contributed by atoms with Crippen LogP contribution in [-0.2, 0) is 26.2 Å². The molecule has 0 heterocycles. The number of likely N-dealkylation sites (N-methyl/N-ethyl adjacent to an activating group) is 1. The minimum atomic E-state index is -3.94. The number of nitrogens with zero attached hydrogens (tertiary/aromatic N) is 2. The van der Waals surface area contributed by atoms with Gasteiger partial charge in [0.2, 0.25) is 21.8 Å². The molecule has 9 heteroatoms. The van der Waals surface area contributed by atoms with E-state index < -0.39 is 28.5 Å². The number of hydrogen-bond donors (Lipinski definition) is 1. The standard InChI is InChI=1S/C28H35N3O5S/c1-5-17-29-28(33)26(6-2)31(19-21-11-14-24(36-4)15-12-21)27(32)20-30(3)37(34,35)25-16-13-22-9-7-8-10-23(22)18-25/h7-16,18,26H,5-6,17,19-20H2,1-4H3,(H,29,33)/t26-/m1/s1. The molecule has 0 radical (unpaired) electrons. The first kappa shape index (κ1) is 28.1. The molecule has 2 amide bonds. The molecule has 0 fully saturated rings. The number of benzene rings is 3. The summed E-state index contributed by atoms with van der Waals surface area (Å²) in [6.45, 7) is 4.04. The van der Waals surface area contributed by atoms with Crippen LogP contribution in [0.2, 0.25) is 0 Å². The van der Waals surface area contributed by atoms with Crippen LogP contribution in [0.15, 0.2) is 71.6 Å². The van der Waals surface area contributed by atoms with Gasteiger partial charge < -0.3 is 15.0 Å². The Bertz CT molecular complexity index is 1330. The number of ether oxygens (including phenoxy) is 1. The van der Waals surface area contributed by atoms with E-state index in [0.29, 0.717) is 18.7 Å². The van der Waals surface area contributed by atoms with Crippen molar-refractivity contribution in [2.75, 3.05) is 27.2 Å². The molecule has 198 valence electrons. The summed E-state index contributed by atoms with van der Waals surface area (Å²) in [5, 5.41) is 4.58. The number of sulfonamides is 1. The zero-order chi connectivity index (χ0) is 27.0. The third kappa shape index (κ3) is 6.87. The molecule has 3 rings (SSSR count). The van der Waals surface area contributed by atoms with Gasteiger partial charge in [0.05, 0.1) is 18.6 Å². The second-order valence-corrected chi connectivity index (χ2v) is 10.9. The van der Waals surface area contributed by atoms with Crippen molar-refractivity contribution < 1.29 is 22.7 Å². The Balaban J connectivity index is 1.86. The molecule has 3 aromatic rings. The number of carbonyl (C=O) groups is 2. The predicted molar refractivity (Wildman–Crippen MR) is 145 cm³/mol. The first-order valence-corrected chi connectivity index (χ1v) is 13.8. The lowest BCUT2D eigenvalue weighted by Gasteiger charge is -2.32. The fourth-order valence-corrected chi connectivity index (χ4v) is 5.24. The van der Waals surface area contributed by atoms with Crippen molar-refractivity contribution >= 4 is 32.6 Å². The first-order chi connectivity index (χ1) is 17.7. The number of rotatable bonds is 12. The topological polar surface area (TPSA) is 96.0 Å². The average Bonchev–Trinajstić information content (AvgIpc) is 2.91. The van der Waals surface area contributed by atoms with Crippen molar-refractivity contribution in [2.45, 2.75) is 44.2 Å². The van der Waals surface area contributed by atoms with Crippen LogP contribution in [0.25, 0.3) is 10.8 Å². The Morgan fingerprint density at radius 2 is 1.65 bits per heavy atom. The normalized spacial score (nSPS) is 12.4. The highest BCUT2D eigenvalue weighted by Crippen LogP contribution is 2.22. The summed E-state index contributed by atoms with van der Waals surface area (Å²) in [5.74, 6) is -0.0389. The van der Waals surface area contributed by atoms with Crippen LogP contribution in [0.5, 0.6) is 5.75 Å². The number of amides is 2. The van der Waals surface area contributed by atoms with E-state index in [4.69, 9.17) is 4.74 Å². The van der Waals surface area contributed by atoms with Gasteiger partial charge in [-0.05, 0) is 53.4 Å². The Hall–Kier alpha value is -3.43. The van der Waals surface area contributed by atoms with Gasteiger partial charge in [-0.2, -0.15) is 4.31 Å². The summed E-state index contributed by atoms with van der Waals surface area (Å²) < 4.78 is 32.9. The van der Waals surface area contributed by atoms with E-state index in [9.17, 15) is 18.0 Å². The number of methoxy groups -OCH3 is 1. The van der Waals surface area contributed by atoms with Crippen molar-refractivity contribution in [1.29, 1.82) is 0 Å². The van der Waals surface area contributed by atoms with E-state index in [1.54, 1.807) is 37.4 Å². The van der Waals surface area contributed by atoms with E-state index >= 15 is 0 Å². The van der Waals surface area contributed by atoms with E-state index in [0.717, 1.165) is 27.1 Å². The van der Waals surface area contributed by atoms with Crippen LogP contribution in [0.1, 0.15) is 32.3 Å². The quantitative estimate of drug-likeness (QED) is 0.388. The van der Waals surface area contributed by atoms with Crippen LogP contribution in [-0.4, -0.2) is 62.7 Å². The van der Waals surface area contributed by atoms with Crippen LogP contribution < -0.4 is 10.1 Å². The fraction of sp³-hybridized carbons (Fsp3) is 0.357. The third-order valence-corrected chi connectivity index (χ3v) is 8.03. The van der Waals surface area contributed by atoms with Crippen LogP contribution in [0.3, 0.4) is 0 Å². The summed E-state index contributed by atoms with van der Waals surface area (Å²) in [6, 6.07) is 18.9. The van der Waals surface area contributed by atoms with Gasteiger partial charge in [0.1, 0.15) is 11.8 Å². The lowest BCUT2D eigenvalue weighted by molar-refractivity contribution is -0.141. The van der Waals surface area contributed by atoms with Gasteiger partial charge in [-0.25, -0.2) is 8.42 Å². The molecule has 0 unspecified atom stereocenters. The maximum Gasteiger partial charge on any atom is 0.243 e. The van der Waals surface area contributed by atoms with Crippen molar-refractivity contribution in [2.24, 2.45) is 0 Å². The molecule has 3 aromatic carbocycles. The third-order valence-electron chi connectivity index (χ3n) is 6.23. The molecule has 0 spiro atoms. The molecule has 0 aromatic heterocycles. The van der Waals surface area contributed by atoms with Crippen molar-refractivity contribution in [3.63, 3.8) is 0 Å². The van der Waals surface area contributed by atoms with Gasteiger partial charge in [0.25, 0.3) is 0 Å². The lowest BCUT2D eigenvalue weighted by Crippen LogP contribution is -2.51. The molecule has 0 saturated carbocycles. The average molecular weight is 526 g/mol. The molecule has 1 atom stereocenters. The van der Waals surface area contributed by atoms with E-state index in [1.165, 1.54) is 11.9 Å². The van der Waals surface area contributed by atoms with Crippen molar-refractivity contribution in [3.05, 3.63) is 72.3 Å². The highest BCUT2D eigenvalue weighted by Gasteiger charge is 2.31. The summed E-state index contributed by atoms with van der Waals surface area (Å²) in [7, 11) is -0.987. The Labute approximate surface area is 219 Å². The molecular formula is C28H35N3O5S. The minimum absolute atomic E-state index is 0.107. The Kier molecular flexibility index (Phi) is 9.66. The second kappa shape index (κ2) is 12.7. The first-order valence-electron chi connectivity index (χ1n) is 12.4. The summed E-state index contributed by atoms with van der Waals surface area (Å²) in [6.07, 6.45) is 1.15. The van der Waals surface area contributed by atoms with Gasteiger partial charge >= 0.3 is 0 Å². The van der Waals surface area contributed by atoms with Gasteiger partial charge in [0.15, 0.2) is 0 Å². The molecule has 0 bridgehead atoms. The van der Waals surface area contributed by atoms with Gasteiger partial charge in [0, 0.05) is 20.1 Å². The van der Waals surface area contributed by atoms with Gasteiger partial charge in [-0.1, -0.05) is 56.3 Å². The predicted octanol–water partition coefficient (Wildman–Crippen LogP) is 3.80. The van der Waals surface area contributed by atoms with E-state index in [2.05, 4.69) is 5.32 Å². The lowest BCUT2D eigenvalue weighted by atomic mass is 10.1. The zero-order valence-corrected chi connectivity index (χ0v) is 22.6. The smallest absolute Gasteiger partial charge is 0.243 e.